The van der Waals surface area contributed by atoms with Crippen molar-refractivity contribution in [1.29, 1.82) is 0 Å². The summed E-state index contributed by atoms with van der Waals surface area (Å²) in [6.45, 7) is 2.79. The summed E-state index contributed by atoms with van der Waals surface area (Å²) in [6.07, 6.45) is 2.46. The standard InChI is InChI=1S/C9H18N2O3/c1-11(2)6-8-14-7-5-10-4-3-9(12)13/h3-4,10H,5-8H2,1-2H3,(H,12,13)/b4-3+. The number of carboxylic acid groups (broad SMARTS) is 1. The van der Waals surface area contributed by atoms with Gasteiger partial charge in [0.25, 0.3) is 0 Å². The van der Waals surface area contributed by atoms with Crippen LogP contribution in [-0.2, 0) is 9.53 Å². The first kappa shape index (κ1) is 12.9. The van der Waals surface area contributed by atoms with Gasteiger partial charge in [-0.15, -0.1) is 0 Å². The molecule has 0 aliphatic rings. The van der Waals surface area contributed by atoms with Crippen molar-refractivity contribution >= 4 is 5.97 Å². The van der Waals surface area contributed by atoms with Crippen LogP contribution in [0.3, 0.4) is 0 Å². The van der Waals surface area contributed by atoms with Crippen LogP contribution >= 0.6 is 0 Å². The summed E-state index contributed by atoms with van der Waals surface area (Å²) in [4.78, 5) is 12.1. The Kier molecular flexibility index (Phi) is 7.87. The maximum Gasteiger partial charge on any atom is 0.329 e. The van der Waals surface area contributed by atoms with E-state index in [4.69, 9.17) is 9.84 Å². The second-order valence-electron chi connectivity index (χ2n) is 3.04. The summed E-state index contributed by atoms with van der Waals surface area (Å²) in [5.74, 6) is -0.953. The van der Waals surface area contributed by atoms with Gasteiger partial charge in [0.1, 0.15) is 0 Å². The first-order valence-electron chi connectivity index (χ1n) is 4.48. The molecular formula is C9H18N2O3. The van der Waals surface area contributed by atoms with Crippen LogP contribution in [0.4, 0.5) is 0 Å². The molecule has 0 atom stereocenters. The smallest absolute Gasteiger partial charge is 0.329 e. The number of carbonyl (C=O) groups is 1. The van der Waals surface area contributed by atoms with Gasteiger partial charge in [0.15, 0.2) is 0 Å². The molecule has 5 heteroatoms. The lowest BCUT2D eigenvalue weighted by atomic mass is 10.6. The molecule has 5 nitrogen and oxygen atoms in total. The normalized spacial score (nSPS) is 11.1. The Hall–Kier alpha value is -1.07. The lowest BCUT2D eigenvalue weighted by Gasteiger charge is -2.09. The number of carboxylic acids is 1. The zero-order valence-electron chi connectivity index (χ0n) is 8.69. The van der Waals surface area contributed by atoms with E-state index in [0.29, 0.717) is 19.8 Å². The highest BCUT2D eigenvalue weighted by molar-refractivity contribution is 5.79. The number of likely N-dealkylation sites (N-methyl/N-ethyl adjacent to an activating group) is 1. The zero-order chi connectivity index (χ0) is 10.8. The zero-order valence-corrected chi connectivity index (χ0v) is 8.69. The number of hydrogen-bond donors (Lipinski definition) is 2. The number of nitrogens with one attached hydrogen (secondary N) is 1. The van der Waals surface area contributed by atoms with Crippen LogP contribution in [0.25, 0.3) is 0 Å². The fourth-order valence-corrected chi connectivity index (χ4v) is 0.694. The minimum atomic E-state index is -0.953. The largest absolute Gasteiger partial charge is 0.478 e. The van der Waals surface area contributed by atoms with E-state index in [1.54, 1.807) is 0 Å². The van der Waals surface area contributed by atoms with E-state index in [1.165, 1.54) is 6.20 Å². The molecule has 0 saturated carbocycles. The Morgan fingerprint density at radius 2 is 2.21 bits per heavy atom. The average molecular weight is 202 g/mol. The van der Waals surface area contributed by atoms with E-state index < -0.39 is 5.97 Å². The van der Waals surface area contributed by atoms with Gasteiger partial charge in [-0.05, 0) is 14.1 Å². The van der Waals surface area contributed by atoms with Crippen molar-refractivity contribution in [2.75, 3.05) is 40.4 Å². The Bertz CT molecular complexity index is 181. The molecule has 2 N–H and O–H groups in total. The first-order chi connectivity index (χ1) is 6.63. The van der Waals surface area contributed by atoms with E-state index in [-0.39, 0.29) is 0 Å². The SMILES string of the molecule is CN(C)CCOCCN/C=C/C(=O)O. The molecule has 0 aliphatic carbocycles. The summed E-state index contributed by atoms with van der Waals surface area (Å²) in [5.41, 5.74) is 0. The van der Waals surface area contributed by atoms with Crippen LogP contribution in [0.5, 0.6) is 0 Å². The molecule has 0 unspecified atom stereocenters. The third-order valence-corrected chi connectivity index (χ3v) is 1.42. The van der Waals surface area contributed by atoms with Crippen LogP contribution in [0.1, 0.15) is 0 Å². The molecule has 0 aromatic carbocycles. The van der Waals surface area contributed by atoms with Gasteiger partial charge >= 0.3 is 5.97 Å². The van der Waals surface area contributed by atoms with Crippen LogP contribution in [0.2, 0.25) is 0 Å². The molecule has 0 aromatic rings. The molecule has 0 saturated heterocycles. The molecular weight excluding hydrogens is 184 g/mol. The fraction of sp³-hybridized carbons (Fsp3) is 0.667. The topological polar surface area (TPSA) is 61.8 Å². The third kappa shape index (κ3) is 10.9. The monoisotopic (exact) mass is 202 g/mol. The predicted molar refractivity (Wildman–Crippen MR) is 54.2 cm³/mol. The third-order valence-electron chi connectivity index (χ3n) is 1.42. The number of hydrogen-bond acceptors (Lipinski definition) is 4. The van der Waals surface area contributed by atoms with Gasteiger partial charge in [0.2, 0.25) is 0 Å². The predicted octanol–water partition coefficient (Wildman–Crippen LogP) is -0.247. The van der Waals surface area contributed by atoms with Crippen molar-refractivity contribution in [1.82, 2.24) is 10.2 Å². The van der Waals surface area contributed by atoms with Crippen LogP contribution < -0.4 is 5.32 Å². The van der Waals surface area contributed by atoms with Crippen molar-refractivity contribution in [3.8, 4) is 0 Å². The Morgan fingerprint density at radius 3 is 2.79 bits per heavy atom. The molecule has 0 aromatic heterocycles. The van der Waals surface area contributed by atoms with Crippen molar-refractivity contribution in [3.63, 3.8) is 0 Å². The van der Waals surface area contributed by atoms with E-state index in [2.05, 4.69) is 5.32 Å². The average Bonchev–Trinajstić information content (AvgIpc) is 2.08. The Morgan fingerprint density at radius 1 is 1.50 bits per heavy atom. The summed E-state index contributed by atoms with van der Waals surface area (Å²) in [5, 5.41) is 11.1. The first-order valence-corrected chi connectivity index (χ1v) is 4.48. The fourth-order valence-electron chi connectivity index (χ4n) is 0.694. The van der Waals surface area contributed by atoms with E-state index >= 15 is 0 Å². The minimum Gasteiger partial charge on any atom is -0.478 e. The molecule has 82 valence electrons. The van der Waals surface area contributed by atoms with Crippen molar-refractivity contribution in [3.05, 3.63) is 12.3 Å². The highest BCUT2D eigenvalue weighted by atomic mass is 16.5. The van der Waals surface area contributed by atoms with Gasteiger partial charge in [-0.25, -0.2) is 4.79 Å². The highest BCUT2D eigenvalue weighted by Crippen LogP contribution is 1.77. The molecule has 0 bridgehead atoms. The van der Waals surface area contributed by atoms with Crippen molar-refractivity contribution in [2.24, 2.45) is 0 Å². The minimum absolute atomic E-state index is 0.581. The lowest BCUT2D eigenvalue weighted by molar-refractivity contribution is -0.131. The Balaban J connectivity index is 3.10. The lowest BCUT2D eigenvalue weighted by Crippen LogP contribution is -2.21. The molecule has 14 heavy (non-hydrogen) atoms. The van der Waals surface area contributed by atoms with E-state index in [9.17, 15) is 4.79 Å². The number of rotatable bonds is 8. The van der Waals surface area contributed by atoms with Crippen LogP contribution in [0.15, 0.2) is 12.3 Å². The molecule has 0 heterocycles. The number of nitrogens with zero attached hydrogens (tertiary/aromatic N) is 1. The van der Waals surface area contributed by atoms with Crippen LogP contribution in [-0.4, -0.2) is 56.4 Å². The molecule has 0 spiro atoms. The van der Waals surface area contributed by atoms with Gasteiger partial charge < -0.3 is 20.1 Å². The molecule has 0 radical (unpaired) electrons. The molecule has 0 amide bonds. The van der Waals surface area contributed by atoms with Gasteiger partial charge in [-0.1, -0.05) is 0 Å². The van der Waals surface area contributed by atoms with Gasteiger partial charge in [0, 0.05) is 25.4 Å². The van der Waals surface area contributed by atoms with Crippen molar-refractivity contribution < 1.29 is 14.6 Å². The van der Waals surface area contributed by atoms with Crippen molar-refractivity contribution in [2.45, 2.75) is 0 Å². The molecule has 0 fully saturated rings. The Labute approximate surface area is 84.3 Å². The summed E-state index contributed by atoms with van der Waals surface area (Å²) < 4.78 is 5.27. The summed E-state index contributed by atoms with van der Waals surface area (Å²) >= 11 is 0. The van der Waals surface area contributed by atoms with Crippen LogP contribution in [0, 0.1) is 0 Å². The summed E-state index contributed by atoms with van der Waals surface area (Å²) in [6, 6.07) is 0. The maximum atomic E-state index is 10.0. The molecule has 0 rings (SSSR count). The molecule has 0 aliphatic heterocycles. The highest BCUT2D eigenvalue weighted by Gasteiger charge is 1.90. The number of ether oxygens (including phenoxy) is 1. The van der Waals surface area contributed by atoms with Gasteiger partial charge in [0.05, 0.1) is 13.2 Å². The second-order valence-corrected chi connectivity index (χ2v) is 3.04. The second kappa shape index (κ2) is 8.52. The number of aliphatic carboxylic acids is 1. The summed E-state index contributed by atoms with van der Waals surface area (Å²) in [7, 11) is 3.97. The van der Waals surface area contributed by atoms with Gasteiger partial charge in [-0.2, -0.15) is 0 Å². The van der Waals surface area contributed by atoms with E-state index in [1.807, 2.05) is 19.0 Å². The quantitative estimate of drug-likeness (QED) is 0.420. The van der Waals surface area contributed by atoms with E-state index in [0.717, 1.165) is 12.6 Å². The van der Waals surface area contributed by atoms with Gasteiger partial charge in [-0.3, -0.25) is 0 Å². The maximum absolute atomic E-state index is 10.0.